The molecule has 0 spiro atoms. The molecule has 0 fully saturated rings. The van der Waals surface area contributed by atoms with E-state index in [2.05, 4.69) is 14.7 Å². The van der Waals surface area contributed by atoms with Crippen LogP contribution in [-0.4, -0.2) is 51.4 Å². The van der Waals surface area contributed by atoms with E-state index in [9.17, 15) is 8.42 Å². The highest BCUT2D eigenvalue weighted by Gasteiger charge is 2.16. The maximum Gasteiger partial charge on any atom is 0.241 e. The molecular formula is C14H19N5O2S. The standard InChI is InChI=1S/C14H19N5O2S/c1-16-14(15)19(2)9-8-18-22(20,21)13-5-3-4-11-10-17-7-6-12(11)13/h3-7,10,18H,8-9H2,1-2H3,(H2,15,16). The van der Waals surface area contributed by atoms with Gasteiger partial charge in [0.25, 0.3) is 0 Å². The molecule has 8 heteroatoms. The van der Waals surface area contributed by atoms with Crippen LogP contribution < -0.4 is 10.5 Å². The molecule has 0 radical (unpaired) electrons. The molecular weight excluding hydrogens is 302 g/mol. The number of nitrogens with zero attached hydrogens (tertiary/aromatic N) is 3. The summed E-state index contributed by atoms with van der Waals surface area (Å²) in [6.07, 6.45) is 3.22. The molecule has 1 heterocycles. The summed E-state index contributed by atoms with van der Waals surface area (Å²) in [5.74, 6) is 0.357. The van der Waals surface area contributed by atoms with Crippen LogP contribution in [0.5, 0.6) is 0 Å². The van der Waals surface area contributed by atoms with Gasteiger partial charge in [-0.3, -0.25) is 9.98 Å². The first-order chi connectivity index (χ1) is 10.5. The minimum absolute atomic E-state index is 0.233. The third-order valence-corrected chi connectivity index (χ3v) is 4.81. The SMILES string of the molecule is CN=C(N)N(C)CCNS(=O)(=O)c1cccc2cnccc12. The Bertz CT molecular complexity index is 783. The topological polar surface area (TPSA) is 101 Å². The number of aliphatic imine (C=N–C) groups is 1. The van der Waals surface area contributed by atoms with Crippen LogP contribution in [0.15, 0.2) is 46.5 Å². The molecule has 3 N–H and O–H groups in total. The number of rotatable bonds is 5. The lowest BCUT2D eigenvalue weighted by atomic mass is 10.2. The zero-order valence-corrected chi connectivity index (χ0v) is 13.3. The number of hydrogen-bond acceptors (Lipinski definition) is 4. The summed E-state index contributed by atoms with van der Waals surface area (Å²) in [6.45, 7) is 0.658. The lowest BCUT2D eigenvalue weighted by Gasteiger charge is -2.18. The van der Waals surface area contributed by atoms with Crippen LogP contribution in [0.2, 0.25) is 0 Å². The number of nitrogens with two attached hydrogens (primary N) is 1. The molecule has 0 aliphatic carbocycles. The monoisotopic (exact) mass is 321 g/mol. The van der Waals surface area contributed by atoms with Gasteiger partial charge in [0.2, 0.25) is 10.0 Å². The van der Waals surface area contributed by atoms with Gasteiger partial charge in [0.05, 0.1) is 4.90 Å². The van der Waals surface area contributed by atoms with Crippen LogP contribution in [-0.2, 0) is 10.0 Å². The molecule has 0 saturated heterocycles. The average molecular weight is 321 g/mol. The molecule has 118 valence electrons. The van der Waals surface area contributed by atoms with E-state index in [1.807, 2.05) is 6.07 Å². The van der Waals surface area contributed by atoms with Gasteiger partial charge in [-0.05, 0) is 12.1 Å². The molecule has 1 aromatic carbocycles. The second-order valence-electron chi connectivity index (χ2n) is 4.75. The highest BCUT2D eigenvalue weighted by molar-refractivity contribution is 7.89. The van der Waals surface area contributed by atoms with E-state index in [0.29, 0.717) is 17.9 Å². The summed E-state index contributed by atoms with van der Waals surface area (Å²) >= 11 is 0. The van der Waals surface area contributed by atoms with E-state index < -0.39 is 10.0 Å². The first kappa shape index (κ1) is 16.2. The van der Waals surface area contributed by atoms with Crippen molar-refractivity contribution in [1.82, 2.24) is 14.6 Å². The molecule has 22 heavy (non-hydrogen) atoms. The van der Waals surface area contributed by atoms with Crippen molar-refractivity contribution in [3.8, 4) is 0 Å². The fourth-order valence-corrected chi connectivity index (χ4v) is 3.29. The zero-order valence-electron chi connectivity index (χ0n) is 12.5. The number of fused-ring (bicyclic) bond motifs is 1. The molecule has 0 bridgehead atoms. The van der Waals surface area contributed by atoms with E-state index >= 15 is 0 Å². The minimum atomic E-state index is -3.60. The molecule has 0 saturated carbocycles. The molecule has 0 atom stereocenters. The molecule has 0 amide bonds. The molecule has 2 rings (SSSR count). The van der Waals surface area contributed by atoms with E-state index in [1.54, 1.807) is 49.6 Å². The number of guanidine groups is 1. The molecule has 0 unspecified atom stereocenters. The molecule has 0 aliphatic heterocycles. The Morgan fingerprint density at radius 3 is 2.91 bits per heavy atom. The van der Waals surface area contributed by atoms with Crippen LogP contribution in [0.25, 0.3) is 10.8 Å². The number of benzene rings is 1. The number of sulfonamides is 1. The van der Waals surface area contributed by atoms with E-state index in [0.717, 1.165) is 5.39 Å². The number of aromatic nitrogens is 1. The highest BCUT2D eigenvalue weighted by atomic mass is 32.2. The Morgan fingerprint density at radius 2 is 2.18 bits per heavy atom. The highest BCUT2D eigenvalue weighted by Crippen LogP contribution is 2.21. The minimum Gasteiger partial charge on any atom is -0.370 e. The smallest absolute Gasteiger partial charge is 0.241 e. The third kappa shape index (κ3) is 3.52. The first-order valence-corrected chi connectivity index (χ1v) is 8.20. The Morgan fingerprint density at radius 1 is 1.41 bits per heavy atom. The van der Waals surface area contributed by atoms with Gasteiger partial charge < -0.3 is 10.6 Å². The van der Waals surface area contributed by atoms with Crippen molar-refractivity contribution in [2.45, 2.75) is 4.90 Å². The predicted molar refractivity (Wildman–Crippen MR) is 87.1 cm³/mol. The Hall–Kier alpha value is -2.19. The van der Waals surface area contributed by atoms with Crippen LogP contribution in [0, 0.1) is 0 Å². The summed E-state index contributed by atoms with van der Waals surface area (Å²) < 4.78 is 27.5. The Labute approximate surface area is 129 Å². The maximum absolute atomic E-state index is 12.5. The van der Waals surface area contributed by atoms with Gasteiger partial charge in [-0.2, -0.15) is 0 Å². The summed E-state index contributed by atoms with van der Waals surface area (Å²) in [5, 5.41) is 1.43. The van der Waals surface area contributed by atoms with Gasteiger partial charge in [-0.1, -0.05) is 12.1 Å². The quantitative estimate of drug-likeness (QED) is 0.613. The number of pyridine rings is 1. The fourth-order valence-electron chi connectivity index (χ4n) is 2.04. The van der Waals surface area contributed by atoms with Crippen LogP contribution in [0.4, 0.5) is 0 Å². The van der Waals surface area contributed by atoms with Crippen LogP contribution >= 0.6 is 0 Å². The normalized spacial score (nSPS) is 12.5. The van der Waals surface area contributed by atoms with Crippen molar-refractivity contribution in [2.24, 2.45) is 10.7 Å². The lowest BCUT2D eigenvalue weighted by molar-refractivity contribution is 0.494. The Kier molecular flexibility index (Phi) is 4.94. The van der Waals surface area contributed by atoms with Gasteiger partial charge >= 0.3 is 0 Å². The van der Waals surface area contributed by atoms with Crippen molar-refractivity contribution in [3.05, 3.63) is 36.7 Å². The molecule has 0 aliphatic rings. The third-order valence-electron chi connectivity index (χ3n) is 3.29. The van der Waals surface area contributed by atoms with Crippen molar-refractivity contribution in [3.63, 3.8) is 0 Å². The number of nitrogens with one attached hydrogen (secondary N) is 1. The first-order valence-electron chi connectivity index (χ1n) is 6.71. The molecule has 7 nitrogen and oxygen atoms in total. The lowest BCUT2D eigenvalue weighted by Crippen LogP contribution is -2.39. The summed E-state index contributed by atoms with van der Waals surface area (Å²) in [7, 11) is -0.266. The fraction of sp³-hybridized carbons (Fsp3) is 0.286. The van der Waals surface area contributed by atoms with Crippen molar-refractivity contribution in [1.29, 1.82) is 0 Å². The zero-order chi connectivity index (χ0) is 16.2. The van der Waals surface area contributed by atoms with Gasteiger partial charge in [0.1, 0.15) is 0 Å². The van der Waals surface area contributed by atoms with Gasteiger partial charge in [-0.25, -0.2) is 13.1 Å². The molecule has 1 aromatic heterocycles. The Balaban J connectivity index is 2.16. The van der Waals surface area contributed by atoms with Crippen molar-refractivity contribution < 1.29 is 8.42 Å². The second kappa shape index (κ2) is 6.71. The summed E-state index contributed by atoms with van der Waals surface area (Å²) in [6, 6.07) is 6.80. The van der Waals surface area contributed by atoms with Crippen molar-refractivity contribution in [2.75, 3.05) is 27.2 Å². The van der Waals surface area contributed by atoms with E-state index in [-0.39, 0.29) is 11.4 Å². The maximum atomic E-state index is 12.5. The average Bonchev–Trinajstić information content (AvgIpc) is 2.53. The molecule has 2 aromatic rings. The number of likely N-dealkylation sites (N-methyl/N-ethyl adjacent to an activating group) is 1. The second-order valence-corrected chi connectivity index (χ2v) is 6.49. The largest absolute Gasteiger partial charge is 0.370 e. The predicted octanol–water partition coefficient (Wildman–Crippen LogP) is 0.389. The van der Waals surface area contributed by atoms with E-state index in [4.69, 9.17) is 5.73 Å². The van der Waals surface area contributed by atoms with Gasteiger partial charge in [0.15, 0.2) is 5.96 Å². The summed E-state index contributed by atoms with van der Waals surface area (Å²) in [4.78, 5) is 9.76. The van der Waals surface area contributed by atoms with Crippen LogP contribution in [0.1, 0.15) is 0 Å². The van der Waals surface area contributed by atoms with Gasteiger partial charge in [0, 0.05) is 50.4 Å². The van der Waals surface area contributed by atoms with Crippen LogP contribution in [0.3, 0.4) is 0 Å². The van der Waals surface area contributed by atoms with E-state index in [1.165, 1.54) is 0 Å². The number of hydrogen-bond donors (Lipinski definition) is 2. The van der Waals surface area contributed by atoms with Gasteiger partial charge in [-0.15, -0.1) is 0 Å². The van der Waals surface area contributed by atoms with Crippen molar-refractivity contribution >= 4 is 26.8 Å². The summed E-state index contributed by atoms with van der Waals surface area (Å²) in [5.41, 5.74) is 5.64.